The van der Waals surface area contributed by atoms with Crippen molar-refractivity contribution in [1.29, 1.82) is 0 Å². The molecule has 0 saturated carbocycles. The molecule has 0 aliphatic rings. The summed E-state index contributed by atoms with van der Waals surface area (Å²) in [6, 6.07) is 6.43. The van der Waals surface area contributed by atoms with Gasteiger partial charge in [-0.05, 0) is 31.0 Å². The first kappa shape index (κ1) is 15.0. The van der Waals surface area contributed by atoms with E-state index in [-0.39, 0.29) is 11.8 Å². The number of nitrogens with one attached hydrogen (secondary N) is 2. The fourth-order valence-corrected chi connectivity index (χ4v) is 1.73. The Morgan fingerprint density at radius 2 is 1.81 bits per heavy atom. The van der Waals surface area contributed by atoms with E-state index in [1.807, 2.05) is 37.5 Å². The Morgan fingerprint density at radius 1 is 1.10 bits per heavy atom. The highest BCUT2D eigenvalue weighted by molar-refractivity contribution is 5.62. The van der Waals surface area contributed by atoms with Crippen LogP contribution in [0.3, 0.4) is 0 Å². The molecular weight excluding hydrogens is 283 g/mol. The summed E-state index contributed by atoms with van der Waals surface area (Å²) in [6.07, 6.45) is -4.58. The number of benzene rings is 1. The van der Waals surface area contributed by atoms with Gasteiger partial charge in [-0.15, -0.1) is 0 Å². The summed E-state index contributed by atoms with van der Waals surface area (Å²) in [6.45, 7) is 3.73. The number of aromatic nitrogens is 2. The minimum atomic E-state index is -4.58. The first-order valence-corrected chi connectivity index (χ1v) is 6.07. The van der Waals surface area contributed by atoms with Gasteiger partial charge in [-0.2, -0.15) is 18.2 Å². The van der Waals surface area contributed by atoms with Gasteiger partial charge in [0.2, 0.25) is 5.95 Å². The molecule has 0 amide bonds. The summed E-state index contributed by atoms with van der Waals surface area (Å²) in [4.78, 5) is 7.17. The molecule has 0 radical (unpaired) electrons. The molecule has 0 saturated heterocycles. The van der Waals surface area contributed by atoms with Crippen LogP contribution in [0.5, 0.6) is 0 Å². The van der Waals surface area contributed by atoms with Gasteiger partial charge in [0.1, 0.15) is 5.82 Å². The molecule has 0 atom stereocenters. The number of anilines is 3. The number of nitrogen functional groups attached to an aromatic ring is 1. The van der Waals surface area contributed by atoms with Crippen LogP contribution in [0.4, 0.5) is 30.6 Å². The van der Waals surface area contributed by atoms with Crippen molar-refractivity contribution in [1.82, 2.24) is 9.97 Å². The first-order valence-electron chi connectivity index (χ1n) is 6.07. The number of alkyl halides is 3. The lowest BCUT2D eigenvalue weighted by molar-refractivity contribution is -0.141. The van der Waals surface area contributed by atoms with Crippen molar-refractivity contribution in [3.8, 4) is 0 Å². The third-order valence-corrected chi connectivity index (χ3v) is 2.80. The number of halogens is 3. The van der Waals surface area contributed by atoms with Gasteiger partial charge in [-0.25, -0.2) is 10.8 Å². The maximum absolute atomic E-state index is 12.8. The number of hydrazine groups is 1. The second kappa shape index (κ2) is 5.57. The van der Waals surface area contributed by atoms with Gasteiger partial charge in [0.25, 0.3) is 0 Å². The molecule has 8 heteroatoms. The van der Waals surface area contributed by atoms with E-state index in [4.69, 9.17) is 5.84 Å². The van der Waals surface area contributed by atoms with Crippen molar-refractivity contribution in [3.63, 3.8) is 0 Å². The van der Waals surface area contributed by atoms with E-state index in [2.05, 4.69) is 15.3 Å². The molecule has 1 heterocycles. The van der Waals surface area contributed by atoms with Crippen LogP contribution in [0.25, 0.3) is 0 Å². The van der Waals surface area contributed by atoms with Gasteiger partial charge in [0.05, 0.1) is 0 Å². The first-order chi connectivity index (χ1) is 9.79. The average molecular weight is 297 g/mol. The van der Waals surface area contributed by atoms with Crippen molar-refractivity contribution in [2.45, 2.75) is 20.0 Å². The van der Waals surface area contributed by atoms with Gasteiger partial charge in [0.15, 0.2) is 5.69 Å². The molecule has 1 aromatic carbocycles. The van der Waals surface area contributed by atoms with Crippen molar-refractivity contribution < 1.29 is 13.2 Å². The second-order valence-corrected chi connectivity index (χ2v) is 4.55. The lowest BCUT2D eigenvalue weighted by Crippen LogP contribution is -2.16. The Morgan fingerprint density at radius 3 is 2.43 bits per heavy atom. The summed E-state index contributed by atoms with van der Waals surface area (Å²) in [7, 11) is 0. The molecule has 112 valence electrons. The fourth-order valence-electron chi connectivity index (χ4n) is 1.73. The molecular formula is C13H14F3N5. The van der Waals surface area contributed by atoms with Crippen LogP contribution in [-0.2, 0) is 6.18 Å². The third kappa shape index (κ3) is 3.60. The van der Waals surface area contributed by atoms with E-state index in [0.717, 1.165) is 17.2 Å². The van der Waals surface area contributed by atoms with Crippen LogP contribution < -0.4 is 16.6 Å². The number of hydrogen-bond acceptors (Lipinski definition) is 5. The Kier molecular flexibility index (Phi) is 3.99. The van der Waals surface area contributed by atoms with Crippen LogP contribution in [-0.4, -0.2) is 9.97 Å². The molecule has 0 spiro atoms. The molecule has 5 nitrogen and oxygen atoms in total. The molecule has 0 fully saturated rings. The molecule has 1 aromatic heterocycles. The summed E-state index contributed by atoms with van der Waals surface area (Å²) < 4.78 is 38.3. The maximum Gasteiger partial charge on any atom is 0.433 e. The minimum absolute atomic E-state index is 0.0129. The predicted octanol–water partition coefficient (Wildman–Crippen LogP) is 3.14. The monoisotopic (exact) mass is 297 g/mol. The van der Waals surface area contributed by atoms with E-state index in [0.29, 0.717) is 5.69 Å². The highest BCUT2D eigenvalue weighted by Crippen LogP contribution is 2.30. The van der Waals surface area contributed by atoms with E-state index >= 15 is 0 Å². The van der Waals surface area contributed by atoms with Crippen molar-refractivity contribution in [2.24, 2.45) is 5.84 Å². The lowest BCUT2D eigenvalue weighted by Gasteiger charge is -2.13. The maximum atomic E-state index is 12.8. The molecule has 0 aliphatic carbocycles. The molecule has 4 N–H and O–H groups in total. The zero-order chi connectivity index (χ0) is 15.6. The summed E-state index contributed by atoms with van der Waals surface area (Å²) in [5.74, 6) is 4.81. The molecule has 0 bridgehead atoms. The predicted molar refractivity (Wildman–Crippen MR) is 74.0 cm³/mol. The van der Waals surface area contributed by atoms with Gasteiger partial charge < -0.3 is 5.32 Å². The fraction of sp³-hybridized carbons (Fsp3) is 0.231. The summed E-state index contributed by atoms with van der Waals surface area (Å²) in [5, 5.41) is 2.85. The quantitative estimate of drug-likeness (QED) is 0.599. The van der Waals surface area contributed by atoms with Crippen LogP contribution in [0.2, 0.25) is 0 Å². The number of nitrogens with two attached hydrogens (primary N) is 1. The van der Waals surface area contributed by atoms with Gasteiger partial charge >= 0.3 is 6.18 Å². The van der Waals surface area contributed by atoms with Crippen molar-refractivity contribution in [2.75, 3.05) is 10.7 Å². The van der Waals surface area contributed by atoms with Crippen LogP contribution in [0.15, 0.2) is 24.3 Å². The summed E-state index contributed by atoms with van der Waals surface area (Å²) in [5.41, 5.74) is 3.49. The van der Waals surface area contributed by atoms with Crippen LogP contribution in [0, 0.1) is 13.8 Å². The second-order valence-electron chi connectivity index (χ2n) is 4.55. The third-order valence-electron chi connectivity index (χ3n) is 2.80. The Bertz CT molecular complexity index is 655. The molecule has 2 rings (SSSR count). The highest BCUT2D eigenvalue weighted by Gasteiger charge is 2.33. The zero-order valence-corrected chi connectivity index (χ0v) is 11.4. The summed E-state index contributed by atoms with van der Waals surface area (Å²) >= 11 is 0. The number of aryl methyl sites for hydroxylation is 2. The van der Waals surface area contributed by atoms with E-state index < -0.39 is 11.9 Å². The van der Waals surface area contributed by atoms with Crippen molar-refractivity contribution in [3.05, 3.63) is 41.1 Å². The Balaban J connectivity index is 2.42. The Labute approximate surface area is 119 Å². The number of nitrogens with zero attached hydrogens (tertiary/aromatic N) is 2. The molecule has 0 unspecified atom stereocenters. The smallest absolute Gasteiger partial charge is 0.340 e. The topological polar surface area (TPSA) is 75.9 Å². The van der Waals surface area contributed by atoms with Gasteiger partial charge in [-0.1, -0.05) is 12.1 Å². The van der Waals surface area contributed by atoms with Gasteiger partial charge in [-0.3, -0.25) is 5.43 Å². The Hall–Kier alpha value is -2.35. The lowest BCUT2D eigenvalue weighted by atomic mass is 10.1. The highest BCUT2D eigenvalue weighted by atomic mass is 19.4. The SMILES string of the molecule is Cc1ccc(C)c(Nc2cc(C(F)(F)F)nc(NN)n2)c1. The normalized spacial score (nSPS) is 11.3. The molecule has 2 aromatic rings. The van der Waals surface area contributed by atoms with Gasteiger partial charge in [0, 0.05) is 11.8 Å². The van der Waals surface area contributed by atoms with E-state index in [1.54, 1.807) is 0 Å². The van der Waals surface area contributed by atoms with E-state index in [9.17, 15) is 13.2 Å². The van der Waals surface area contributed by atoms with Crippen molar-refractivity contribution >= 4 is 17.5 Å². The largest absolute Gasteiger partial charge is 0.433 e. The average Bonchev–Trinajstić information content (AvgIpc) is 2.41. The minimum Gasteiger partial charge on any atom is -0.340 e. The van der Waals surface area contributed by atoms with E-state index in [1.165, 1.54) is 0 Å². The zero-order valence-electron chi connectivity index (χ0n) is 11.4. The molecule has 21 heavy (non-hydrogen) atoms. The molecule has 0 aliphatic heterocycles. The van der Waals surface area contributed by atoms with Crippen LogP contribution >= 0.6 is 0 Å². The van der Waals surface area contributed by atoms with Crippen LogP contribution in [0.1, 0.15) is 16.8 Å². The number of rotatable bonds is 3. The standard InChI is InChI=1S/C13H14F3N5/c1-7-3-4-8(2)9(5-7)18-11-6-10(13(14,15)16)19-12(20-11)21-17/h3-6H,17H2,1-2H3,(H2,18,19,20,21). The number of hydrogen-bond donors (Lipinski definition) is 3.